The number of allylic oxidation sites excluding steroid dienone is 2. The summed E-state index contributed by atoms with van der Waals surface area (Å²) in [6, 6.07) is 0. The van der Waals surface area contributed by atoms with Crippen LogP contribution in [0, 0.1) is 17.8 Å². The van der Waals surface area contributed by atoms with Gasteiger partial charge < -0.3 is 4.74 Å². The molecule has 0 aromatic heterocycles. The summed E-state index contributed by atoms with van der Waals surface area (Å²) in [6.45, 7) is 5.51. The van der Waals surface area contributed by atoms with Gasteiger partial charge in [-0.15, -0.1) is 0 Å². The number of methoxy groups -OCH3 is 1. The summed E-state index contributed by atoms with van der Waals surface area (Å²) in [5.74, 6) is 2.40. The van der Waals surface area contributed by atoms with Crippen LogP contribution in [0.5, 0.6) is 0 Å². The van der Waals surface area contributed by atoms with Gasteiger partial charge in [0.05, 0.1) is 0 Å². The maximum atomic E-state index is 5.34. The normalized spacial score (nSPS) is 27.9. The SMILES string of the molecule is CCCC1CCC=CC1C(CC)COC. The Morgan fingerprint density at radius 2 is 2.20 bits per heavy atom. The van der Waals surface area contributed by atoms with Crippen LogP contribution < -0.4 is 0 Å². The highest BCUT2D eigenvalue weighted by Crippen LogP contribution is 2.35. The van der Waals surface area contributed by atoms with E-state index >= 15 is 0 Å². The monoisotopic (exact) mass is 210 g/mol. The smallest absolute Gasteiger partial charge is 0.0496 e. The van der Waals surface area contributed by atoms with Gasteiger partial charge in [-0.1, -0.05) is 45.3 Å². The average Bonchev–Trinajstić information content (AvgIpc) is 2.27. The minimum atomic E-state index is 0.725. The van der Waals surface area contributed by atoms with Gasteiger partial charge in [0.1, 0.15) is 0 Å². The molecule has 0 spiro atoms. The first-order chi connectivity index (χ1) is 7.33. The van der Waals surface area contributed by atoms with Gasteiger partial charge in [-0.05, 0) is 30.6 Å². The maximum Gasteiger partial charge on any atom is 0.0496 e. The predicted molar refractivity (Wildman–Crippen MR) is 65.9 cm³/mol. The first-order valence-electron chi connectivity index (χ1n) is 6.49. The van der Waals surface area contributed by atoms with E-state index in [4.69, 9.17) is 4.74 Å². The number of hydrogen-bond donors (Lipinski definition) is 0. The van der Waals surface area contributed by atoms with Crippen molar-refractivity contribution in [2.45, 2.75) is 46.0 Å². The van der Waals surface area contributed by atoms with Gasteiger partial charge >= 0.3 is 0 Å². The van der Waals surface area contributed by atoms with Crippen molar-refractivity contribution < 1.29 is 4.74 Å². The molecule has 3 atom stereocenters. The van der Waals surface area contributed by atoms with Gasteiger partial charge in [0, 0.05) is 13.7 Å². The van der Waals surface area contributed by atoms with Crippen molar-refractivity contribution in [1.29, 1.82) is 0 Å². The lowest BCUT2D eigenvalue weighted by Crippen LogP contribution is -2.26. The van der Waals surface area contributed by atoms with Crippen molar-refractivity contribution in [3.05, 3.63) is 12.2 Å². The molecule has 0 amide bonds. The summed E-state index contributed by atoms with van der Waals surface area (Å²) in [7, 11) is 1.82. The van der Waals surface area contributed by atoms with Crippen molar-refractivity contribution in [2.75, 3.05) is 13.7 Å². The first kappa shape index (κ1) is 12.8. The average molecular weight is 210 g/mol. The Labute approximate surface area is 94.9 Å². The fourth-order valence-corrected chi connectivity index (χ4v) is 2.88. The molecule has 0 saturated heterocycles. The van der Waals surface area contributed by atoms with E-state index in [1.807, 2.05) is 7.11 Å². The third-order valence-corrected chi connectivity index (χ3v) is 3.72. The molecular formula is C14H26O. The van der Waals surface area contributed by atoms with Gasteiger partial charge in [-0.2, -0.15) is 0 Å². The molecule has 0 aromatic carbocycles. The highest BCUT2D eigenvalue weighted by Gasteiger charge is 2.27. The molecule has 88 valence electrons. The highest BCUT2D eigenvalue weighted by molar-refractivity contribution is 4.99. The second-order valence-corrected chi connectivity index (χ2v) is 4.76. The van der Waals surface area contributed by atoms with Crippen molar-refractivity contribution in [2.24, 2.45) is 17.8 Å². The zero-order chi connectivity index (χ0) is 11.1. The van der Waals surface area contributed by atoms with Crippen LogP contribution in [0.4, 0.5) is 0 Å². The van der Waals surface area contributed by atoms with E-state index in [9.17, 15) is 0 Å². The molecule has 1 rings (SSSR count). The van der Waals surface area contributed by atoms with Gasteiger partial charge in [0.15, 0.2) is 0 Å². The minimum absolute atomic E-state index is 0.725. The topological polar surface area (TPSA) is 9.23 Å². The Morgan fingerprint density at radius 3 is 2.80 bits per heavy atom. The van der Waals surface area contributed by atoms with Crippen LogP contribution in [0.3, 0.4) is 0 Å². The molecular weight excluding hydrogens is 184 g/mol. The summed E-state index contributed by atoms with van der Waals surface area (Å²) in [4.78, 5) is 0. The number of rotatable bonds is 6. The molecule has 0 aliphatic heterocycles. The van der Waals surface area contributed by atoms with Gasteiger partial charge in [-0.25, -0.2) is 0 Å². The zero-order valence-electron chi connectivity index (χ0n) is 10.5. The predicted octanol–water partition coefficient (Wildman–Crippen LogP) is 4.04. The van der Waals surface area contributed by atoms with E-state index in [2.05, 4.69) is 26.0 Å². The largest absolute Gasteiger partial charge is 0.384 e. The molecule has 1 heteroatoms. The van der Waals surface area contributed by atoms with E-state index in [1.165, 1.54) is 32.1 Å². The van der Waals surface area contributed by atoms with Crippen LogP contribution in [0.2, 0.25) is 0 Å². The number of hydrogen-bond acceptors (Lipinski definition) is 1. The Morgan fingerprint density at radius 1 is 1.40 bits per heavy atom. The van der Waals surface area contributed by atoms with Gasteiger partial charge in [-0.3, -0.25) is 0 Å². The molecule has 3 unspecified atom stereocenters. The summed E-state index contributed by atoms with van der Waals surface area (Å²) in [5, 5.41) is 0. The third-order valence-electron chi connectivity index (χ3n) is 3.72. The quantitative estimate of drug-likeness (QED) is 0.601. The molecule has 15 heavy (non-hydrogen) atoms. The molecule has 0 saturated carbocycles. The van der Waals surface area contributed by atoms with Gasteiger partial charge in [0.2, 0.25) is 0 Å². The summed E-state index contributed by atoms with van der Waals surface area (Å²) < 4.78 is 5.34. The van der Waals surface area contributed by atoms with E-state index in [1.54, 1.807) is 0 Å². The lowest BCUT2D eigenvalue weighted by atomic mass is 9.73. The van der Waals surface area contributed by atoms with Gasteiger partial charge in [0.25, 0.3) is 0 Å². The fraction of sp³-hybridized carbons (Fsp3) is 0.857. The summed E-state index contributed by atoms with van der Waals surface area (Å²) in [5.41, 5.74) is 0. The number of ether oxygens (including phenoxy) is 1. The molecule has 0 aromatic rings. The molecule has 1 aliphatic carbocycles. The Kier molecular flexibility index (Phi) is 6.00. The Bertz CT molecular complexity index is 186. The van der Waals surface area contributed by atoms with Crippen LogP contribution >= 0.6 is 0 Å². The lowest BCUT2D eigenvalue weighted by Gasteiger charge is -2.33. The van der Waals surface area contributed by atoms with Crippen molar-refractivity contribution in [3.63, 3.8) is 0 Å². The van der Waals surface area contributed by atoms with Crippen LogP contribution in [0.15, 0.2) is 12.2 Å². The zero-order valence-corrected chi connectivity index (χ0v) is 10.5. The van der Waals surface area contributed by atoms with Crippen molar-refractivity contribution in [1.82, 2.24) is 0 Å². The molecule has 1 nitrogen and oxygen atoms in total. The second-order valence-electron chi connectivity index (χ2n) is 4.76. The van der Waals surface area contributed by atoms with E-state index < -0.39 is 0 Å². The highest BCUT2D eigenvalue weighted by atomic mass is 16.5. The fourth-order valence-electron chi connectivity index (χ4n) is 2.88. The van der Waals surface area contributed by atoms with E-state index in [0.29, 0.717) is 0 Å². The third kappa shape index (κ3) is 3.64. The molecule has 1 aliphatic rings. The molecule has 0 fully saturated rings. The molecule has 0 radical (unpaired) electrons. The summed E-state index contributed by atoms with van der Waals surface area (Å²) in [6.07, 6.45) is 11.4. The standard InChI is InChI=1S/C14H26O/c1-4-8-13-9-6-7-10-14(13)12(5-2)11-15-3/h7,10,12-14H,4-6,8-9,11H2,1-3H3. The van der Waals surface area contributed by atoms with E-state index in [0.717, 1.165) is 24.4 Å². The maximum absolute atomic E-state index is 5.34. The van der Waals surface area contributed by atoms with Crippen LogP contribution in [0.25, 0.3) is 0 Å². The second kappa shape index (κ2) is 7.05. The minimum Gasteiger partial charge on any atom is -0.384 e. The Balaban J connectivity index is 2.59. The lowest BCUT2D eigenvalue weighted by molar-refractivity contribution is 0.104. The molecule has 0 bridgehead atoms. The van der Waals surface area contributed by atoms with Crippen LogP contribution in [-0.4, -0.2) is 13.7 Å². The first-order valence-corrected chi connectivity index (χ1v) is 6.49. The van der Waals surface area contributed by atoms with Crippen molar-refractivity contribution >= 4 is 0 Å². The summed E-state index contributed by atoms with van der Waals surface area (Å²) >= 11 is 0. The molecule has 0 heterocycles. The van der Waals surface area contributed by atoms with E-state index in [-0.39, 0.29) is 0 Å². The van der Waals surface area contributed by atoms with Crippen LogP contribution in [0.1, 0.15) is 46.0 Å². The van der Waals surface area contributed by atoms with Crippen molar-refractivity contribution in [3.8, 4) is 0 Å². The van der Waals surface area contributed by atoms with Crippen LogP contribution in [-0.2, 0) is 4.74 Å². The molecule has 0 N–H and O–H groups in total. The Hall–Kier alpha value is -0.300.